The molecule has 342 valence electrons. The summed E-state index contributed by atoms with van der Waals surface area (Å²) in [5.41, 5.74) is 4.54. The van der Waals surface area contributed by atoms with E-state index >= 15 is 0 Å². The molecule has 3 unspecified atom stereocenters. The molecule has 62 heavy (non-hydrogen) atoms. The Labute approximate surface area is 379 Å². The number of nitrogens with one attached hydrogen (secondary N) is 1. The zero-order valence-corrected chi connectivity index (χ0v) is 41.3. The molecule has 6 aliphatic carbocycles. The molecule has 7 nitrogen and oxygen atoms in total. The molecular formula is C54H80ClN3O4. The summed E-state index contributed by atoms with van der Waals surface area (Å²) in [6, 6.07) is 8.04. The highest BCUT2D eigenvalue weighted by atomic mass is 35.5. The molecule has 0 heterocycles. The number of aliphatic carboxylic acids is 1. The second kappa shape index (κ2) is 16.6. The van der Waals surface area contributed by atoms with E-state index in [0.717, 1.165) is 88.1 Å². The number of rotatable bonds is 12. The SMILES string of the molecule is CC(C)C1=C2C3CCC4[C@@]5(C)CC=C(C6=CC[C@](C(=O)O)(C(C)(C)C)CC6)C(C)(C)C5CC[C@@]4(C)[C@]3(C)CC[C@@]2(C(=O)NCCN(CCN(C)C)Cc2ccc(Cl)cc2)CC1=O. The number of hydrogen-bond donors (Lipinski definition) is 2. The highest BCUT2D eigenvalue weighted by Gasteiger charge is 2.70. The Morgan fingerprint density at radius 2 is 1.56 bits per heavy atom. The molecular weight excluding hydrogens is 790 g/mol. The summed E-state index contributed by atoms with van der Waals surface area (Å²) in [5, 5.41) is 14.6. The van der Waals surface area contributed by atoms with E-state index in [1.807, 2.05) is 12.1 Å². The molecule has 6 aliphatic rings. The van der Waals surface area contributed by atoms with Crippen LogP contribution >= 0.6 is 11.6 Å². The molecule has 0 bridgehead atoms. The Hall–Kier alpha value is -2.74. The average molecular weight is 871 g/mol. The van der Waals surface area contributed by atoms with Gasteiger partial charge in [-0.05, 0) is 169 Å². The predicted octanol–water partition coefficient (Wildman–Crippen LogP) is 11.6. The standard InChI is InChI=1S/C54H80ClN3O4/c1-35(2)44-41(59)33-53(46(60)56-29-30-58(32-31-57(11)12)34-36-13-15-38(55)16-14-36)28-27-51(9)40(45(44)53)17-18-43-50(8)23-21-39(49(6,7)42(50)22-24-52(43,51)10)37-19-25-54(26-20-37,47(61)62)48(3,4)5/h13-16,19,21,35,40,42-43H,17-18,20,22-34H2,1-12H3,(H,56,60)(H,61,62)/t40?,42?,43?,50-,51+,52+,53+,54-/m0/s1. The number of allylic oxidation sites excluding steroid dienone is 5. The van der Waals surface area contributed by atoms with Gasteiger partial charge in [-0.25, -0.2) is 0 Å². The number of carbonyl (C=O) groups is 3. The molecule has 0 radical (unpaired) electrons. The van der Waals surface area contributed by atoms with Gasteiger partial charge in [0.15, 0.2) is 5.78 Å². The van der Waals surface area contributed by atoms with E-state index in [0.29, 0.717) is 37.6 Å². The van der Waals surface area contributed by atoms with Crippen LogP contribution in [0, 0.1) is 61.6 Å². The van der Waals surface area contributed by atoms with Gasteiger partial charge in [-0.1, -0.05) is 105 Å². The maximum absolute atomic E-state index is 14.9. The summed E-state index contributed by atoms with van der Waals surface area (Å²) in [5.74, 6) is 0.932. The minimum absolute atomic E-state index is 0.0231. The average Bonchev–Trinajstić information content (AvgIpc) is 3.50. The molecule has 0 spiro atoms. The van der Waals surface area contributed by atoms with Crippen molar-refractivity contribution in [2.75, 3.05) is 40.3 Å². The van der Waals surface area contributed by atoms with E-state index in [2.05, 4.69) is 123 Å². The van der Waals surface area contributed by atoms with Crippen molar-refractivity contribution in [3.05, 3.63) is 69.3 Å². The number of amides is 1. The van der Waals surface area contributed by atoms with Gasteiger partial charge in [0.2, 0.25) is 5.91 Å². The fourth-order valence-corrected chi connectivity index (χ4v) is 15.4. The first-order valence-electron chi connectivity index (χ1n) is 24.2. The first-order valence-corrected chi connectivity index (χ1v) is 24.6. The van der Waals surface area contributed by atoms with Crippen LogP contribution in [0.4, 0.5) is 0 Å². The van der Waals surface area contributed by atoms with Crippen molar-refractivity contribution < 1.29 is 19.5 Å². The van der Waals surface area contributed by atoms with Gasteiger partial charge in [0, 0.05) is 44.2 Å². The second-order valence-corrected chi connectivity index (χ2v) is 24.3. The molecule has 0 aromatic heterocycles. The van der Waals surface area contributed by atoms with Crippen LogP contribution in [-0.4, -0.2) is 72.8 Å². The third kappa shape index (κ3) is 7.52. The van der Waals surface area contributed by atoms with Gasteiger partial charge in [0.1, 0.15) is 0 Å². The van der Waals surface area contributed by atoms with Crippen molar-refractivity contribution in [2.45, 2.75) is 146 Å². The third-order valence-corrected chi connectivity index (χ3v) is 19.3. The quantitative estimate of drug-likeness (QED) is 0.217. The largest absolute Gasteiger partial charge is 0.481 e. The van der Waals surface area contributed by atoms with Crippen LogP contribution in [0.25, 0.3) is 0 Å². The van der Waals surface area contributed by atoms with E-state index < -0.39 is 16.8 Å². The second-order valence-electron chi connectivity index (χ2n) is 23.9. The molecule has 2 N–H and O–H groups in total. The summed E-state index contributed by atoms with van der Waals surface area (Å²) >= 11 is 6.20. The first-order chi connectivity index (χ1) is 28.9. The van der Waals surface area contributed by atoms with Crippen molar-refractivity contribution in [1.82, 2.24) is 15.1 Å². The number of carbonyl (C=O) groups excluding carboxylic acids is 2. The fraction of sp³-hybridized carbons (Fsp3) is 0.722. The molecule has 0 aliphatic heterocycles. The normalized spacial score (nSPS) is 35.5. The van der Waals surface area contributed by atoms with Crippen LogP contribution in [0.5, 0.6) is 0 Å². The smallest absolute Gasteiger partial charge is 0.310 e. The van der Waals surface area contributed by atoms with E-state index in [1.54, 1.807) is 0 Å². The van der Waals surface area contributed by atoms with Gasteiger partial charge >= 0.3 is 5.97 Å². The van der Waals surface area contributed by atoms with Crippen LogP contribution in [0.3, 0.4) is 0 Å². The number of Topliss-reactive ketones (excluding diaryl/α,β-unsaturated/α-hetero) is 1. The van der Waals surface area contributed by atoms with E-state index in [1.165, 1.54) is 22.3 Å². The predicted molar refractivity (Wildman–Crippen MR) is 253 cm³/mol. The number of likely N-dealkylation sites (N-methyl/N-ethyl adjacent to an activating group) is 1. The molecule has 7 rings (SSSR count). The van der Waals surface area contributed by atoms with Gasteiger partial charge < -0.3 is 15.3 Å². The molecule has 1 amide bonds. The summed E-state index contributed by atoms with van der Waals surface area (Å²) in [6.45, 7) is 27.2. The number of carboxylic acids is 1. The molecule has 8 heteroatoms. The van der Waals surface area contributed by atoms with E-state index in [4.69, 9.17) is 11.6 Å². The molecule has 0 saturated heterocycles. The van der Waals surface area contributed by atoms with Crippen molar-refractivity contribution >= 4 is 29.3 Å². The van der Waals surface area contributed by atoms with Crippen LogP contribution in [0.2, 0.25) is 5.02 Å². The van der Waals surface area contributed by atoms with Crippen LogP contribution in [0.1, 0.15) is 145 Å². The lowest BCUT2D eigenvalue weighted by molar-refractivity contribution is -0.199. The number of fused-ring (bicyclic) bond motifs is 7. The number of hydrogen-bond acceptors (Lipinski definition) is 5. The lowest BCUT2D eigenvalue weighted by Crippen LogP contribution is -2.65. The minimum atomic E-state index is -0.765. The lowest BCUT2D eigenvalue weighted by Gasteiger charge is -2.71. The van der Waals surface area contributed by atoms with Gasteiger partial charge in [0.05, 0.1) is 10.8 Å². The van der Waals surface area contributed by atoms with E-state index in [-0.39, 0.29) is 50.6 Å². The Morgan fingerprint density at radius 1 is 0.871 bits per heavy atom. The third-order valence-electron chi connectivity index (χ3n) is 19.0. The Balaban J connectivity index is 1.14. The zero-order valence-electron chi connectivity index (χ0n) is 40.5. The van der Waals surface area contributed by atoms with Crippen LogP contribution in [0.15, 0.2) is 58.7 Å². The van der Waals surface area contributed by atoms with Crippen molar-refractivity contribution in [3.63, 3.8) is 0 Å². The summed E-state index contributed by atoms with van der Waals surface area (Å²) < 4.78 is 0. The van der Waals surface area contributed by atoms with Crippen LogP contribution < -0.4 is 5.32 Å². The summed E-state index contributed by atoms with van der Waals surface area (Å²) in [6.07, 6.45) is 14.5. The van der Waals surface area contributed by atoms with Crippen molar-refractivity contribution in [3.8, 4) is 0 Å². The monoisotopic (exact) mass is 870 g/mol. The zero-order chi connectivity index (χ0) is 45.4. The highest BCUT2D eigenvalue weighted by molar-refractivity contribution is 6.30. The lowest BCUT2D eigenvalue weighted by atomic mass is 9.33. The van der Waals surface area contributed by atoms with Gasteiger partial charge in [0.25, 0.3) is 0 Å². The minimum Gasteiger partial charge on any atom is -0.481 e. The first kappa shape index (κ1) is 47.2. The van der Waals surface area contributed by atoms with Gasteiger partial charge in [-0.15, -0.1) is 0 Å². The molecule has 1 aromatic carbocycles. The Morgan fingerprint density at radius 3 is 2.16 bits per heavy atom. The van der Waals surface area contributed by atoms with Crippen LogP contribution in [-0.2, 0) is 20.9 Å². The van der Waals surface area contributed by atoms with Gasteiger partial charge in [-0.2, -0.15) is 0 Å². The number of halogens is 1. The highest BCUT2D eigenvalue weighted by Crippen LogP contribution is 2.77. The molecule has 1 aromatic rings. The molecule has 3 saturated carbocycles. The van der Waals surface area contributed by atoms with Crippen molar-refractivity contribution in [2.24, 2.45) is 61.6 Å². The van der Waals surface area contributed by atoms with E-state index in [9.17, 15) is 19.5 Å². The number of nitrogens with zero attached hydrogens (tertiary/aromatic N) is 2. The van der Waals surface area contributed by atoms with Crippen molar-refractivity contribution in [1.29, 1.82) is 0 Å². The maximum Gasteiger partial charge on any atom is 0.310 e. The molecule has 3 fully saturated rings. The summed E-state index contributed by atoms with van der Waals surface area (Å²) in [4.78, 5) is 46.5. The fourth-order valence-electron chi connectivity index (χ4n) is 15.3. The Kier molecular flexibility index (Phi) is 12.6. The summed E-state index contributed by atoms with van der Waals surface area (Å²) in [7, 11) is 4.19. The Bertz CT molecular complexity index is 2020. The number of ketones is 1. The maximum atomic E-state index is 14.9. The van der Waals surface area contributed by atoms with Gasteiger partial charge in [-0.3, -0.25) is 19.3 Å². The molecule has 8 atom stereocenters. The number of benzene rings is 1. The number of carboxylic acid groups (broad SMARTS) is 1. The topological polar surface area (TPSA) is 89.9 Å².